The zero-order valence-corrected chi connectivity index (χ0v) is 17.1. The molecule has 6 rings (SSSR count). The smallest absolute Gasteiger partial charge is 0.254 e. The first kappa shape index (κ1) is 18.9. The highest BCUT2D eigenvalue weighted by atomic mass is 16.3. The Bertz CT molecular complexity index is 1290. The molecule has 10 nitrogen and oxygen atoms in total. The highest BCUT2D eigenvalue weighted by Gasteiger charge is 2.32. The third-order valence-electron chi connectivity index (χ3n) is 6.02. The van der Waals surface area contributed by atoms with E-state index >= 15 is 0 Å². The number of fused-ring (bicyclic) bond motifs is 2. The number of carbonyl (C=O) groups is 2. The molecule has 3 heterocycles. The topological polar surface area (TPSA) is 134 Å². The summed E-state index contributed by atoms with van der Waals surface area (Å²) in [5, 5.41) is 24.0. The summed E-state index contributed by atoms with van der Waals surface area (Å²) in [7, 11) is 0. The summed E-state index contributed by atoms with van der Waals surface area (Å²) >= 11 is 0. The second kappa shape index (κ2) is 7.13. The van der Waals surface area contributed by atoms with E-state index in [1.54, 1.807) is 16.8 Å². The second-order valence-corrected chi connectivity index (χ2v) is 8.44. The molecule has 0 bridgehead atoms. The fraction of sp³-hybridized carbons (Fsp3) is 0.318. The van der Waals surface area contributed by atoms with E-state index in [2.05, 4.69) is 31.0 Å². The number of benzene rings is 1. The zero-order chi connectivity index (χ0) is 21.8. The van der Waals surface area contributed by atoms with E-state index in [0.29, 0.717) is 41.1 Å². The van der Waals surface area contributed by atoms with E-state index in [1.807, 2.05) is 24.3 Å². The van der Waals surface area contributed by atoms with E-state index in [9.17, 15) is 14.7 Å². The molecule has 2 aromatic heterocycles. The minimum Gasteiger partial charge on any atom is -0.390 e. The Balaban J connectivity index is 1.41. The second-order valence-electron chi connectivity index (χ2n) is 8.44. The molecule has 0 radical (unpaired) electrons. The van der Waals surface area contributed by atoms with Crippen molar-refractivity contribution in [3.05, 3.63) is 52.7 Å². The zero-order valence-electron chi connectivity index (χ0n) is 17.1. The van der Waals surface area contributed by atoms with Crippen LogP contribution in [-0.4, -0.2) is 48.6 Å². The molecule has 2 aliphatic carbocycles. The molecule has 3 aromatic rings. The quantitative estimate of drug-likeness (QED) is 0.350. The number of aliphatic hydroxyl groups excluding tert-OH is 1. The fourth-order valence-electron chi connectivity index (χ4n) is 4.26. The highest BCUT2D eigenvalue weighted by Crippen LogP contribution is 2.34. The number of amides is 2. The van der Waals surface area contributed by atoms with Gasteiger partial charge in [0.2, 0.25) is 17.8 Å². The van der Waals surface area contributed by atoms with Crippen LogP contribution in [0.15, 0.2) is 36.0 Å². The first-order valence-electron chi connectivity index (χ1n) is 10.6. The van der Waals surface area contributed by atoms with Crippen LogP contribution in [-0.2, 0) is 16.0 Å². The first-order chi connectivity index (χ1) is 15.5. The summed E-state index contributed by atoms with van der Waals surface area (Å²) < 4.78 is 1.60. The maximum atomic E-state index is 12.0. The van der Waals surface area contributed by atoms with Crippen molar-refractivity contribution in [2.24, 2.45) is 0 Å². The van der Waals surface area contributed by atoms with Crippen molar-refractivity contribution in [2.45, 2.75) is 43.9 Å². The molecule has 1 aromatic carbocycles. The number of nitrogens with one attached hydrogen (secondary N) is 3. The molecule has 1 aliphatic heterocycles. The van der Waals surface area contributed by atoms with Gasteiger partial charge in [0.25, 0.3) is 5.91 Å². The third kappa shape index (κ3) is 3.28. The Hall–Kier alpha value is -3.79. The van der Waals surface area contributed by atoms with Gasteiger partial charge >= 0.3 is 0 Å². The Morgan fingerprint density at radius 3 is 2.78 bits per heavy atom. The van der Waals surface area contributed by atoms with Crippen LogP contribution in [0.3, 0.4) is 0 Å². The predicted octanol–water partition coefficient (Wildman–Crippen LogP) is 1.20. The van der Waals surface area contributed by atoms with Crippen LogP contribution in [0.4, 0.5) is 11.9 Å². The van der Waals surface area contributed by atoms with Gasteiger partial charge < -0.3 is 15.7 Å². The van der Waals surface area contributed by atoms with Crippen LogP contribution in [0.25, 0.3) is 11.7 Å². The van der Waals surface area contributed by atoms with E-state index in [4.69, 9.17) is 0 Å². The summed E-state index contributed by atoms with van der Waals surface area (Å²) in [6.45, 7) is 0. The number of hydrogen-bond acceptors (Lipinski definition) is 8. The number of hydrogen-bond donors (Lipinski definition) is 4. The van der Waals surface area contributed by atoms with Crippen molar-refractivity contribution in [1.29, 1.82) is 0 Å². The van der Waals surface area contributed by atoms with Gasteiger partial charge in [-0.1, -0.05) is 24.3 Å². The Morgan fingerprint density at radius 2 is 2.00 bits per heavy atom. The number of nitrogens with zero attached hydrogens (tertiary/aromatic N) is 4. The van der Waals surface area contributed by atoms with Crippen molar-refractivity contribution in [3.8, 4) is 0 Å². The van der Waals surface area contributed by atoms with Crippen molar-refractivity contribution >= 4 is 35.4 Å². The van der Waals surface area contributed by atoms with Gasteiger partial charge in [0, 0.05) is 23.6 Å². The minimum absolute atomic E-state index is 0.0323. The molecular formula is C22H21N7O3. The molecule has 2 fully saturated rings. The van der Waals surface area contributed by atoms with Crippen LogP contribution in [0.5, 0.6) is 0 Å². The third-order valence-corrected chi connectivity index (χ3v) is 6.02. The number of aliphatic hydroxyl groups is 1. The number of rotatable bonds is 5. The molecule has 32 heavy (non-hydrogen) atoms. The largest absolute Gasteiger partial charge is 0.390 e. The van der Waals surface area contributed by atoms with Gasteiger partial charge in [0.05, 0.1) is 24.8 Å². The number of anilines is 2. The van der Waals surface area contributed by atoms with Crippen LogP contribution in [0.2, 0.25) is 0 Å². The lowest BCUT2D eigenvalue weighted by atomic mass is 10.1. The fourth-order valence-corrected chi connectivity index (χ4v) is 4.26. The van der Waals surface area contributed by atoms with Crippen molar-refractivity contribution in [3.63, 3.8) is 0 Å². The average Bonchev–Trinajstić information content (AvgIpc) is 3.29. The lowest BCUT2D eigenvalue weighted by Crippen LogP contribution is -2.23. The highest BCUT2D eigenvalue weighted by molar-refractivity contribution is 6.15. The molecule has 4 N–H and O–H groups in total. The molecule has 3 aliphatic rings. The van der Waals surface area contributed by atoms with Gasteiger partial charge in [-0.3, -0.25) is 14.9 Å². The SMILES string of the molecule is O=C1C/C(=C\c2cnn3c(NC4CC4)nc(N[C@@H]4c5ccccc5C[C@H]4O)nc23)C(=O)N1. The summed E-state index contributed by atoms with van der Waals surface area (Å²) in [5.74, 6) is 0.175. The van der Waals surface area contributed by atoms with Crippen LogP contribution in [0, 0.1) is 0 Å². The minimum atomic E-state index is -0.591. The molecule has 1 saturated carbocycles. The lowest BCUT2D eigenvalue weighted by molar-refractivity contribution is -0.124. The summed E-state index contributed by atoms with van der Waals surface area (Å²) in [6, 6.07) is 7.93. The van der Waals surface area contributed by atoms with Crippen molar-refractivity contribution < 1.29 is 14.7 Å². The lowest BCUT2D eigenvalue weighted by Gasteiger charge is -2.18. The van der Waals surface area contributed by atoms with Crippen molar-refractivity contribution in [2.75, 3.05) is 10.6 Å². The maximum absolute atomic E-state index is 12.0. The number of imide groups is 1. The number of carbonyl (C=O) groups excluding carboxylic acids is 2. The molecule has 162 valence electrons. The van der Waals surface area contributed by atoms with Gasteiger partial charge in [0.1, 0.15) is 0 Å². The van der Waals surface area contributed by atoms with E-state index in [-0.39, 0.29) is 18.4 Å². The van der Waals surface area contributed by atoms with Crippen LogP contribution < -0.4 is 16.0 Å². The Labute approximate surface area is 182 Å². The van der Waals surface area contributed by atoms with E-state index in [0.717, 1.165) is 24.0 Å². The normalized spacial score (nSPS) is 23.6. The Morgan fingerprint density at radius 1 is 1.16 bits per heavy atom. The standard InChI is InChI=1S/C22H21N7O3/c30-16-8-11-3-1-2-4-15(11)18(16)26-21-27-19-13(7-12-9-17(31)25-20(12)32)10-23-29(19)22(28-21)24-14-5-6-14/h1-4,7,10,14,16,18,30H,5-6,8-9H2,(H,25,31,32)(H2,24,26,27,28)/b12-7+/t16-,18-/m1/s1. The Kier molecular flexibility index (Phi) is 4.22. The molecule has 0 spiro atoms. The van der Waals surface area contributed by atoms with Gasteiger partial charge in [-0.05, 0) is 30.0 Å². The number of aromatic nitrogens is 4. The van der Waals surface area contributed by atoms with E-state index < -0.39 is 12.0 Å². The molecule has 1 saturated heterocycles. The van der Waals surface area contributed by atoms with Crippen LogP contribution in [0.1, 0.15) is 42.0 Å². The molecule has 0 unspecified atom stereocenters. The molecule has 10 heteroatoms. The predicted molar refractivity (Wildman–Crippen MR) is 116 cm³/mol. The van der Waals surface area contributed by atoms with Gasteiger partial charge in [-0.25, -0.2) is 0 Å². The molecule has 2 amide bonds. The summed E-state index contributed by atoms with van der Waals surface area (Å²) in [5.41, 5.74) is 3.61. The molecular weight excluding hydrogens is 410 g/mol. The van der Waals surface area contributed by atoms with Crippen molar-refractivity contribution in [1.82, 2.24) is 24.9 Å². The average molecular weight is 431 g/mol. The first-order valence-corrected chi connectivity index (χ1v) is 10.6. The summed E-state index contributed by atoms with van der Waals surface area (Å²) in [6.07, 6.45) is 5.37. The molecule has 2 atom stereocenters. The van der Waals surface area contributed by atoms with E-state index in [1.165, 1.54) is 0 Å². The van der Waals surface area contributed by atoms with Gasteiger partial charge in [-0.2, -0.15) is 19.6 Å². The monoisotopic (exact) mass is 431 g/mol. The van der Waals surface area contributed by atoms with Gasteiger partial charge in [-0.15, -0.1) is 0 Å². The summed E-state index contributed by atoms with van der Waals surface area (Å²) in [4.78, 5) is 32.8. The van der Waals surface area contributed by atoms with Gasteiger partial charge in [0.15, 0.2) is 5.65 Å². The maximum Gasteiger partial charge on any atom is 0.254 e. The van der Waals surface area contributed by atoms with Crippen LogP contribution >= 0.6 is 0 Å².